The van der Waals surface area contributed by atoms with Crippen LogP contribution in [0, 0.1) is 0 Å². The van der Waals surface area contributed by atoms with Gasteiger partial charge in [0.1, 0.15) is 0 Å². The number of aliphatic carboxylic acids is 1. The third-order valence-corrected chi connectivity index (χ3v) is 3.28. The molecule has 2 unspecified atom stereocenters. The predicted octanol–water partition coefficient (Wildman–Crippen LogP) is 4.09. The predicted molar refractivity (Wildman–Crippen MR) is 77.2 cm³/mol. The Morgan fingerprint density at radius 3 is 2.68 bits per heavy atom. The van der Waals surface area contributed by atoms with Crippen molar-refractivity contribution in [2.45, 2.75) is 70.5 Å². The number of unbranched alkanes of at least 4 members (excludes halogenated alkanes) is 2. The number of carboxylic acid groups (broad SMARTS) is 1. The van der Waals surface area contributed by atoms with Gasteiger partial charge in [-0.1, -0.05) is 50.5 Å². The first-order valence-electron chi connectivity index (χ1n) is 7.41. The Hall–Kier alpha value is -1.09. The molecule has 108 valence electrons. The Morgan fingerprint density at radius 2 is 1.95 bits per heavy atom. The van der Waals surface area contributed by atoms with Crippen LogP contribution in [0.2, 0.25) is 0 Å². The maximum absolute atomic E-state index is 10.3. The van der Waals surface area contributed by atoms with Crippen LogP contribution in [0.15, 0.2) is 24.3 Å². The summed E-state index contributed by atoms with van der Waals surface area (Å²) < 4.78 is 5.60. The summed E-state index contributed by atoms with van der Waals surface area (Å²) in [6.45, 7) is 2.22. The van der Waals surface area contributed by atoms with E-state index in [0.717, 1.165) is 12.8 Å². The minimum atomic E-state index is -0.736. The maximum atomic E-state index is 10.3. The van der Waals surface area contributed by atoms with Crippen LogP contribution in [0.4, 0.5) is 0 Å². The molecule has 1 aliphatic heterocycles. The quantitative estimate of drug-likeness (QED) is 0.348. The van der Waals surface area contributed by atoms with Gasteiger partial charge in [-0.05, 0) is 25.7 Å². The van der Waals surface area contributed by atoms with E-state index in [-0.39, 0.29) is 6.42 Å². The summed E-state index contributed by atoms with van der Waals surface area (Å²) in [4.78, 5) is 10.3. The first kappa shape index (κ1) is 16.0. The molecule has 1 saturated heterocycles. The molecule has 0 saturated carbocycles. The average molecular weight is 266 g/mol. The van der Waals surface area contributed by atoms with E-state index >= 15 is 0 Å². The lowest BCUT2D eigenvalue weighted by Crippen LogP contribution is -1.92. The van der Waals surface area contributed by atoms with E-state index in [1.54, 1.807) is 0 Å². The monoisotopic (exact) mass is 266 g/mol. The second kappa shape index (κ2) is 9.79. The van der Waals surface area contributed by atoms with E-state index in [9.17, 15) is 4.79 Å². The highest BCUT2D eigenvalue weighted by Gasteiger charge is 2.36. The van der Waals surface area contributed by atoms with Crippen molar-refractivity contribution in [2.75, 3.05) is 0 Å². The Labute approximate surface area is 116 Å². The average Bonchev–Trinajstić information content (AvgIpc) is 3.11. The fraction of sp³-hybridized carbons (Fsp3) is 0.688. The van der Waals surface area contributed by atoms with Crippen LogP contribution in [-0.4, -0.2) is 23.3 Å². The van der Waals surface area contributed by atoms with Gasteiger partial charge in [0.15, 0.2) is 0 Å². The first-order valence-corrected chi connectivity index (χ1v) is 7.41. The van der Waals surface area contributed by atoms with Crippen LogP contribution in [0.1, 0.15) is 58.3 Å². The molecule has 0 amide bonds. The molecule has 0 aromatic carbocycles. The molecule has 0 spiro atoms. The van der Waals surface area contributed by atoms with Crippen LogP contribution in [0.25, 0.3) is 0 Å². The summed E-state index contributed by atoms with van der Waals surface area (Å²) in [5.74, 6) is -0.736. The standard InChI is InChI=1S/C16H26O3/c1-2-3-8-11-14-15(19-14)12-9-6-4-5-7-10-13-16(17)18/h5-7,9,14-15H,2-4,8,10-13H2,1H3,(H,17,18)/b7-5+,9-6+. The van der Waals surface area contributed by atoms with Crippen molar-refractivity contribution in [1.29, 1.82) is 0 Å². The molecule has 1 N–H and O–H groups in total. The molecule has 1 aliphatic rings. The summed E-state index contributed by atoms with van der Waals surface area (Å²) in [7, 11) is 0. The Balaban J connectivity index is 1.93. The zero-order chi connectivity index (χ0) is 13.9. The molecule has 3 heteroatoms. The highest BCUT2D eigenvalue weighted by atomic mass is 16.6. The molecule has 0 aliphatic carbocycles. The number of ether oxygens (including phenoxy) is 1. The fourth-order valence-electron chi connectivity index (χ4n) is 2.06. The molecule has 2 atom stereocenters. The van der Waals surface area contributed by atoms with Gasteiger partial charge >= 0.3 is 5.97 Å². The summed E-state index contributed by atoms with van der Waals surface area (Å²) >= 11 is 0. The van der Waals surface area contributed by atoms with Crippen molar-refractivity contribution in [3.05, 3.63) is 24.3 Å². The first-order chi connectivity index (χ1) is 9.24. The largest absolute Gasteiger partial charge is 0.481 e. The van der Waals surface area contributed by atoms with Gasteiger partial charge in [-0.3, -0.25) is 4.79 Å². The zero-order valence-corrected chi connectivity index (χ0v) is 11.9. The van der Waals surface area contributed by atoms with Crippen LogP contribution in [0.5, 0.6) is 0 Å². The SMILES string of the molecule is CCCCCC1OC1C/C=C/C/C=C/CCC(=O)O. The molecule has 3 nitrogen and oxygen atoms in total. The summed E-state index contributed by atoms with van der Waals surface area (Å²) in [5, 5.41) is 8.46. The molecule has 1 fully saturated rings. The zero-order valence-electron chi connectivity index (χ0n) is 11.9. The summed E-state index contributed by atoms with van der Waals surface area (Å²) in [5.41, 5.74) is 0. The molecular formula is C16H26O3. The number of carbonyl (C=O) groups is 1. The number of hydrogen-bond donors (Lipinski definition) is 1. The van der Waals surface area contributed by atoms with Gasteiger partial charge < -0.3 is 9.84 Å². The van der Waals surface area contributed by atoms with Crippen molar-refractivity contribution in [2.24, 2.45) is 0 Å². The van der Waals surface area contributed by atoms with Gasteiger partial charge in [0.05, 0.1) is 12.2 Å². The van der Waals surface area contributed by atoms with Crippen molar-refractivity contribution < 1.29 is 14.6 Å². The summed E-state index contributed by atoms with van der Waals surface area (Å²) in [6, 6.07) is 0. The van der Waals surface area contributed by atoms with Crippen LogP contribution >= 0.6 is 0 Å². The minimum Gasteiger partial charge on any atom is -0.481 e. The molecule has 1 heterocycles. The maximum Gasteiger partial charge on any atom is 0.303 e. The highest BCUT2D eigenvalue weighted by Crippen LogP contribution is 2.30. The topological polar surface area (TPSA) is 49.8 Å². The van der Waals surface area contributed by atoms with Crippen LogP contribution in [0.3, 0.4) is 0 Å². The number of hydrogen-bond acceptors (Lipinski definition) is 2. The lowest BCUT2D eigenvalue weighted by molar-refractivity contribution is -0.136. The molecule has 19 heavy (non-hydrogen) atoms. The Bertz CT molecular complexity index is 307. The number of rotatable bonds is 11. The molecule has 1 rings (SSSR count). The second-order valence-electron chi connectivity index (χ2n) is 5.06. The number of epoxide rings is 1. The van der Waals surface area contributed by atoms with Gasteiger partial charge in [0.2, 0.25) is 0 Å². The third-order valence-electron chi connectivity index (χ3n) is 3.28. The van der Waals surface area contributed by atoms with E-state index in [1.807, 2.05) is 12.2 Å². The number of carboxylic acids is 1. The molecule has 0 aromatic rings. The van der Waals surface area contributed by atoms with Gasteiger partial charge in [-0.15, -0.1) is 0 Å². The Kier molecular flexibility index (Phi) is 8.23. The lowest BCUT2D eigenvalue weighted by atomic mass is 10.1. The van der Waals surface area contributed by atoms with E-state index in [4.69, 9.17) is 9.84 Å². The minimum absolute atomic E-state index is 0.218. The second-order valence-corrected chi connectivity index (χ2v) is 5.06. The molecular weight excluding hydrogens is 240 g/mol. The molecule has 0 aromatic heterocycles. The van der Waals surface area contributed by atoms with Crippen LogP contribution < -0.4 is 0 Å². The third kappa shape index (κ3) is 8.60. The molecule has 0 bridgehead atoms. The molecule has 0 radical (unpaired) electrons. The van der Waals surface area contributed by atoms with Crippen LogP contribution in [-0.2, 0) is 9.53 Å². The number of allylic oxidation sites excluding steroid dienone is 3. The van der Waals surface area contributed by atoms with Crippen molar-refractivity contribution in [3.8, 4) is 0 Å². The van der Waals surface area contributed by atoms with Crippen molar-refractivity contribution >= 4 is 5.97 Å². The van der Waals surface area contributed by atoms with Crippen molar-refractivity contribution in [1.82, 2.24) is 0 Å². The van der Waals surface area contributed by atoms with E-state index in [2.05, 4.69) is 19.1 Å². The summed E-state index contributed by atoms with van der Waals surface area (Å²) in [6.07, 6.45) is 17.0. The lowest BCUT2D eigenvalue weighted by Gasteiger charge is -1.93. The highest BCUT2D eigenvalue weighted by molar-refractivity contribution is 5.66. The van der Waals surface area contributed by atoms with Gasteiger partial charge in [0.25, 0.3) is 0 Å². The smallest absolute Gasteiger partial charge is 0.303 e. The van der Waals surface area contributed by atoms with Gasteiger partial charge in [0, 0.05) is 6.42 Å². The normalized spacial score (nSPS) is 22.4. The van der Waals surface area contributed by atoms with E-state index < -0.39 is 5.97 Å². The Morgan fingerprint density at radius 1 is 1.16 bits per heavy atom. The fourth-order valence-corrected chi connectivity index (χ4v) is 2.06. The van der Waals surface area contributed by atoms with Crippen molar-refractivity contribution in [3.63, 3.8) is 0 Å². The van der Waals surface area contributed by atoms with E-state index in [0.29, 0.717) is 18.6 Å². The van der Waals surface area contributed by atoms with Gasteiger partial charge in [-0.2, -0.15) is 0 Å². The van der Waals surface area contributed by atoms with E-state index in [1.165, 1.54) is 25.7 Å². The van der Waals surface area contributed by atoms with Gasteiger partial charge in [-0.25, -0.2) is 0 Å².